The van der Waals surface area contributed by atoms with Gasteiger partial charge < -0.3 is 24.0 Å². The fourth-order valence-electron chi connectivity index (χ4n) is 6.69. The Hall–Kier alpha value is -5.00. The van der Waals surface area contributed by atoms with Gasteiger partial charge in [0.05, 0.1) is 23.5 Å². The van der Waals surface area contributed by atoms with Crippen LogP contribution in [0.25, 0.3) is 15.6 Å². The van der Waals surface area contributed by atoms with Crippen molar-refractivity contribution in [2.24, 2.45) is 0 Å². The van der Waals surface area contributed by atoms with E-state index in [1.165, 1.54) is 19.3 Å². The summed E-state index contributed by atoms with van der Waals surface area (Å²) >= 11 is 6.71. The van der Waals surface area contributed by atoms with Crippen LogP contribution in [-0.4, -0.2) is 82.1 Å². The van der Waals surface area contributed by atoms with E-state index in [1.54, 1.807) is 4.90 Å². The fraction of sp³-hybridized carbons (Fsp3) is 0.333. The molecule has 2 aromatic carbocycles. The van der Waals surface area contributed by atoms with Crippen molar-refractivity contribution in [3.05, 3.63) is 101 Å². The smallest absolute Gasteiger partial charge is 0.287 e. The fourth-order valence-corrected chi connectivity index (χ4v) is 8.18. The summed E-state index contributed by atoms with van der Waals surface area (Å²) < 4.78 is 32.8. The van der Waals surface area contributed by atoms with Crippen LogP contribution in [0.3, 0.4) is 0 Å². The molecular formula is C33H32ClN9O4S. The van der Waals surface area contributed by atoms with Crippen LogP contribution in [0.2, 0.25) is 5.02 Å². The Balaban J connectivity index is 1.24. The molecule has 48 heavy (non-hydrogen) atoms. The maximum Gasteiger partial charge on any atom is 0.287 e. The van der Waals surface area contributed by atoms with E-state index in [-0.39, 0.29) is 35.6 Å². The molecule has 2 aliphatic heterocycles. The Morgan fingerprint density at radius 1 is 1.08 bits per heavy atom. The highest BCUT2D eigenvalue weighted by Crippen LogP contribution is 2.37. The molecule has 0 aliphatic carbocycles. The summed E-state index contributed by atoms with van der Waals surface area (Å²) in [6.07, 6.45) is 4.87. The minimum Gasteiger partial charge on any atom is -0.468 e. The number of piperazine rings is 1. The second kappa shape index (κ2) is 12.9. The first-order valence-corrected chi connectivity index (χ1v) is 17.4. The van der Waals surface area contributed by atoms with Gasteiger partial charge in [-0.3, -0.25) is 4.79 Å². The van der Waals surface area contributed by atoms with Crippen molar-refractivity contribution in [2.75, 3.05) is 42.5 Å². The van der Waals surface area contributed by atoms with Crippen LogP contribution in [0.15, 0.2) is 70.7 Å². The van der Waals surface area contributed by atoms with E-state index in [0.29, 0.717) is 49.9 Å². The SMILES string of the molecule is [C-]#[N+]C[C@H]1CN(c2nc(CCc3occc3S(=O)(=O)n3cncn3)nc3c2CCN(c2cccc4cccc(Cl)c24)C3)CCN1C(C)=O. The Morgan fingerprint density at radius 2 is 1.92 bits per heavy atom. The molecule has 0 radical (unpaired) electrons. The standard InChI is InChI=1S/C33H32ClN9O4S/c1-22(44)42-15-14-41(18-24(42)17-35-2)33-25-11-13-40(28-8-4-6-23-5-3-7-26(34)32(23)28)19-27(25)38-31(39-33)10-9-29-30(12-16-47-29)48(45,46)43-21-36-20-37-43/h3-8,12,16,20-21,24H,9-11,13-15,17-19H2,1H3/t24-/m0/s1. The lowest BCUT2D eigenvalue weighted by atomic mass is 10.0. The molecule has 1 atom stereocenters. The lowest BCUT2D eigenvalue weighted by molar-refractivity contribution is -0.131. The lowest BCUT2D eigenvalue weighted by Gasteiger charge is -2.41. The van der Waals surface area contributed by atoms with Crippen molar-refractivity contribution >= 4 is 49.8 Å². The lowest BCUT2D eigenvalue weighted by Crippen LogP contribution is -2.56. The van der Waals surface area contributed by atoms with Crippen molar-refractivity contribution in [3.8, 4) is 0 Å². The first-order valence-electron chi connectivity index (χ1n) is 15.6. The molecule has 1 saturated heterocycles. The van der Waals surface area contributed by atoms with Gasteiger partial charge in [0.25, 0.3) is 10.0 Å². The van der Waals surface area contributed by atoms with Crippen LogP contribution in [0.5, 0.6) is 0 Å². The summed E-state index contributed by atoms with van der Waals surface area (Å²) in [4.78, 5) is 36.1. The second-order valence-corrected chi connectivity index (χ2v) is 14.0. The molecular weight excluding hydrogens is 654 g/mol. The minimum atomic E-state index is -3.98. The number of nitrogens with zero attached hydrogens (tertiary/aromatic N) is 9. The molecule has 0 saturated carbocycles. The number of amides is 1. The third kappa shape index (κ3) is 5.84. The van der Waals surface area contributed by atoms with Crippen molar-refractivity contribution in [2.45, 2.75) is 43.7 Å². The third-order valence-corrected chi connectivity index (χ3v) is 10.9. The molecule has 5 aromatic rings. The summed E-state index contributed by atoms with van der Waals surface area (Å²) in [6, 6.07) is 13.2. The zero-order valence-electron chi connectivity index (χ0n) is 26.2. The molecule has 0 unspecified atom stereocenters. The van der Waals surface area contributed by atoms with Gasteiger partial charge in [-0.1, -0.05) is 35.9 Å². The Labute approximate surface area is 282 Å². The number of rotatable bonds is 8. The number of benzene rings is 2. The monoisotopic (exact) mass is 685 g/mol. The molecule has 15 heteroatoms. The van der Waals surface area contributed by atoms with Gasteiger partial charge in [-0.2, -0.15) is 8.42 Å². The van der Waals surface area contributed by atoms with Crippen LogP contribution < -0.4 is 9.80 Å². The van der Waals surface area contributed by atoms with Crippen molar-refractivity contribution < 1.29 is 17.6 Å². The number of hydrogen-bond donors (Lipinski definition) is 0. The van der Waals surface area contributed by atoms with E-state index < -0.39 is 10.0 Å². The third-order valence-electron chi connectivity index (χ3n) is 8.95. The topological polar surface area (TPSA) is 135 Å². The van der Waals surface area contributed by atoms with Gasteiger partial charge in [-0.05, 0) is 30.0 Å². The van der Waals surface area contributed by atoms with Crippen LogP contribution in [0.1, 0.15) is 29.8 Å². The largest absolute Gasteiger partial charge is 0.468 e. The quantitative estimate of drug-likeness (QED) is 0.221. The number of halogens is 1. The van der Waals surface area contributed by atoms with Gasteiger partial charge in [0, 0.05) is 62.6 Å². The number of carbonyl (C=O) groups is 1. The number of carbonyl (C=O) groups excluding carboxylic acids is 1. The zero-order chi connectivity index (χ0) is 33.4. The molecule has 1 amide bonds. The van der Waals surface area contributed by atoms with Crippen molar-refractivity contribution in [1.82, 2.24) is 29.0 Å². The average Bonchev–Trinajstić information content (AvgIpc) is 3.81. The van der Waals surface area contributed by atoms with Gasteiger partial charge in [-0.15, -0.1) is 9.19 Å². The molecule has 0 spiro atoms. The Kier molecular flexibility index (Phi) is 8.49. The molecule has 246 valence electrons. The number of fused-ring (bicyclic) bond motifs is 2. The van der Waals surface area contributed by atoms with Gasteiger partial charge in [0.2, 0.25) is 12.5 Å². The summed E-state index contributed by atoms with van der Waals surface area (Å²) in [6.45, 7) is 12.0. The molecule has 1 fully saturated rings. The van der Waals surface area contributed by atoms with Gasteiger partial charge in [-0.25, -0.2) is 21.5 Å². The first-order chi connectivity index (χ1) is 23.2. The molecule has 0 N–H and O–H groups in total. The molecule has 2 aliphatic rings. The highest BCUT2D eigenvalue weighted by molar-refractivity contribution is 7.89. The van der Waals surface area contributed by atoms with E-state index in [9.17, 15) is 13.2 Å². The predicted octanol–water partition coefficient (Wildman–Crippen LogP) is 4.01. The predicted molar refractivity (Wildman–Crippen MR) is 179 cm³/mol. The van der Waals surface area contributed by atoms with E-state index in [1.807, 2.05) is 30.3 Å². The number of anilines is 2. The van der Waals surface area contributed by atoms with Gasteiger partial charge in [0.15, 0.2) is 0 Å². The zero-order valence-corrected chi connectivity index (χ0v) is 27.7. The molecule has 5 heterocycles. The summed E-state index contributed by atoms with van der Waals surface area (Å²) in [5.41, 5.74) is 2.93. The highest BCUT2D eigenvalue weighted by atomic mass is 35.5. The Bertz CT molecular complexity index is 2140. The minimum absolute atomic E-state index is 0.00698. The second-order valence-electron chi connectivity index (χ2n) is 11.8. The molecule has 13 nitrogen and oxygen atoms in total. The van der Waals surface area contributed by atoms with Crippen LogP contribution >= 0.6 is 11.6 Å². The van der Waals surface area contributed by atoms with Gasteiger partial charge in [0.1, 0.15) is 41.0 Å². The van der Waals surface area contributed by atoms with Crippen molar-refractivity contribution in [1.29, 1.82) is 0 Å². The summed E-state index contributed by atoms with van der Waals surface area (Å²) in [7, 11) is -3.98. The molecule has 0 bridgehead atoms. The molecule has 3 aromatic heterocycles. The first kappa shape index (κ1) is 31.6. The Morgan fingerprint density at radius 3 is 2.69 bits per heavy atom. The normalized spacial score (nSPS) is 16.6. The number of hydrogen-bond acceptors (Lipinski definition) is 10. The summed E-state index contributed by atoms with van der Waals surface area (Å²) in [5.74, 6) is 1.55. The highest BCUT2D eigenvalue weighted by Gasteiger charge is 2.34. The van der Waals surface area contributed by atoms with Crippen LogP contribution in [0, 0.1) is 6.57 Å². The van der Waals surface area contributed by atoms with E-state index in [0.717, 1.165) is 56.8 Å². The van der Waals surface area contributed by atoms with E-state index in [4.69, 9.17) is 32.6 Å². The number of aromatic nitrogens is 5. The molecule has 7 rings (SSSR count). The average molecular weight is 686 g/mol. The van der Waals surface area contributed by atoms with Crippen LogP contribution in [-0.2, 0) is 40.6 Å². The number of aryl methyl sites for hydroxylation is 2. The van der Waals surface area contributed by atoms with Gasteiger partial charge >= 0.3 is 0 Å². The summed E-state index contributed by atoms with van der Waals surface area (Å²) in [5, 5.41) is 6.52. The van der Waals surface area contributed by atoms with E-state index >= 15 is 0 Å². The van der Waals surface area contributed by atoms with E-state index in [2.05, 4.69) is 30.8 Å². The van der Waals surface area contributed by atoms with Crippen LogP contribution in [0.4, 0.5) is 11.5 Å². The number of furan rings is 1. The maximum absolute atomic E-state index is 13.2. The maximum atomic E-state index is 13.2. The van der Waals surface area contributed by atoms with Crippen molar-refractivity contribution in [3.63, 3.8) is 0 Å².